The molecule has 14 heavy (non-hydrogen) atoms. The van der Waals surface area contributed by atoms with Crippen molar-refractivity contribution in [3.63, 3.8) is 0 Å². The van der Waals surface area contributed by atoms with Crippen LogP contribution in [-0.2, 0) is 4.79 Å². The van der Waals surface area contributed by atoms with Crippen LogP contribution < -0.4 is 5.32 Å². The fourth-order valence-corrected chi connectivity index (χ4v) is 0.811. The van der Waals surface area contributed by atoms with Gasteiger partial charge in [-0.2, -0.15) is 5.26 Å². The first-order chi connectivity index (χ1) is 6.30. The molecular formula is C11H20N2O. The van der Waals surface area contributed by atoms with Crippen molar-refractivity contribution in [2.24, 2.45) is 17.3 Å². The van der Waals surface area contributed by atoms with E-state index in [9.17, 15) is 4.79 Å². The first-order valence-electron chi connectivity index (χ1n) is 4.99. The lowest BCUT2D eigenvalue weighted by molar-refractivity contribution is -0.126. The first-order valence-corrected chi connectivity index (χ1v) is 4.99. The van der Waals surface area contributed by atoms with E-state index in [4.69, 9.17) is 5.26 Å². The maximum absolute atomic E-state index is 11.5. The maximum Gasteiger partial charge on any atom is 0.223 e. The van der Waals surface area contributed by atoms with Crippen molar-refractivity contribution in [3.8, 4) is 6.07 Å². The predicted molar refractivity (Wildman–Crippen MR) is 56.4 cm³/mol. The minimum Gasteiger partial charge on any atom is -0.354 e. The van der Waals surface area contributed by atoms with Crippen molar-refractivity contribution in [2.75, 3.05) is 6.54 Å². The van der Waals surface area contributed by atoms with Gasteiger partial charge in [0.15, 0.2) is 0 Å². The van der Waals surface area contributed by atoms with Gasteiger partial charge in [0.2, 0.25) is 5.91 Å². The third kappa shape index (κ3) is 4.27. The van der Waals surface area contributed by atoms with E-state index in [2.05, 4.69) is 11.4 Å². The van der Waals surface area contributed by atoms with Gasteiger partial charge in [-0.15, -0.1) is 0 Å². The third-order valence-corrected chi connectivity index (χ3v) is 2.42. The molecule has 1 N–H and O–H groups in total. The topological polar surface area (TPSA) is 52.9 Å². The SMILES string of the molecule is CC(C)C(C)C(=O)NCC(C)(C)C#N. The number of nitrogens with zero attached hydrogens (tertiary/aromatic N) is 1. The van der Waals surface area contributed by atoms with Crippen molar-refractivity contribution in [3.05, 3.63) is 0 Å². The van der Waals surface area contributed by atoms with Crippen molar-refractivity contribution in [2.45, 2.75) is 34.6 Å². The molecule has 0 bridgehead atoms. The number of nitriles is 1. The van der Waals surface area contributed by atoms with Gasteiger partial charge in [-0.3, -0.25) is 4.79 Å². The smallest absolute Gasteiger partial charge is 0.223 e. The Morgan fingerprint density at radius 3 is 2.29 bits per heavy atom. The molecule has 0 aromatic carbocycles. The van der Waals surface area contributed by atoms with E-state index < -0.39 is 5.41 Å². The number of amides is 1. The standard InChI is InChI=1S/C11H20N2O/c1-8(2)9(3)10(14)13-7-11(4,5)6-12/h8-9H,7H2,1-5H3,(H,13,14). The Morgan fingerprint density at radius 1 is 1.43 bits per heavy atom. The highest BCUT2D eigenvalue weighted by molar-refractivity contribution is 5.78. The zero-order valence-electron chi connectivity index (χ0n) is 9.72. The lowest BCUT2D eigenvalue weighted by Crippen LogP contribution is -2.37. The fraction of sp³-hybridized carbons (Fsp3) is 0.818. The molecule has 0 saturated carbocycles. The van der Waals surface area contributed by atoms with Crippen LogP contribution in [0.3, 0.4) is 0 Å². The van der Waals surface area contributed by atoms with Gasteiger partial charge >= 0.3 is 0 Å². The largest absolute Gasteiger partial charge is 0.354 e. The van der Waals surface area contributed by atoms with Crippen LogP contribution in [0.25, 0.3) is 0 Å². The Morgan fingerprint density at radius 2 is 1.93 bits per heavy atom. The van der Waals surface area contributed by atoms with Crippen LogP contribution in [0.5, 0.6) is 0 Å². The summed E-state index contributed by atoms with van der Waals surface area (Å²) in [7, 11) is 0. The minimum absolute atomic E-state index is 0.00416. The normalized spacial score (nSPS) is 13.5. The highest BCUT2D eigenvalue weighted by Crippen LogP contribution is 2.13. The second-order valence-corrected chi connectivity index (χ2v) is 4.75. The van der Waals surface area contributed by atoms with Gasteiger partial charge in [-0.05, 0) is 19.8 Å². The van der Waals surface area contributed by atoms with E-state index in [0.717, 1.165) is 0 Å². The molecule has 0 aliphatic rings. The number of rotatable bonds is 4. The summed E-state index contributed by atoms with van der Waals surface area (Å²) >= 11 is 0. The van der Waals surface area contributed by atoms with E-state index in [0.29, 0.717) is 12.5 Å². The predicted octanol–water partition coefficient (Wildman–Crippen LogP) is 1.94. The number of hydrogen-bond acceptors (Lipinski definition) is 2. The molecule has 1 amide bonds. The molecule has 0 aliphatic carbocycles. The molecule has 0 saturated heterocycles. The Labute approximate surface area is 86.5 Å². The van der Waals surface area contributed by atoms with E-state index in [1.54, 1.807) is 0 Å². The third-order valence-electron chi connectivity index (χ3n) is 2.42. The molecule has 0 heterocycles. The van der Waals surface area contributed by atoms with Crippen LogP contribution >= 0.6 is 0 Å². The van der Waals surface area contributed by atoms with E-state index in [-0.39, 0.29) is 11.8 Å². The molecular weight excluding hydrogens is 176 g/mol. The zero-order valence-corrected chi connectivity index (χ0v) is 9.72. The molecule has 0 rings (SSSR count). The van der Waals surface area contributed by atoms with E-state index in [1.165, 1.54) is 0 Å². The molecule has 0 aromatic heterocycles. The Kier molecular flexibility index (Phi) is 4.62. The lowest BCUT2D eigenvalue weighted by Gasteiger charge is -2.19. The van der Waals surface area contributed by atoms with Crippen LogP contribution in [0.1, 0.15) is 34.6 Å². The van der Waals surface area contributed by atoms with Crippen molar-refractivity contribution >= 4 is 5.91 Å². The molecule has 3 nitrogen and oxygen atoms in total. The quantitative estimate of drug-likeness (QED) is 0.747. The molecule has 0 aromatic rings. The summed E-state index contributed by atoms with van der Waals surface area (Å²) in [6.07, 6.45) is 0. The Hall–Kier alpha value is -1.04. The van der Waals surface area contributed by atoms with E-state index in [1.807, 2.05) is 34.6 Å². The van der Waals surface area contributed by atoms with Crippen LogP contribution in [0.2, 0.25) is 0 Å². The van der Waals surface area contributed by atoms with Crippen molar-refractivity contribution in [1.82, 2.24) is 5.32 Å². The zero-order chi connectivity index (χ0) is 11.4. The molecule has 0 aliphatic heterocycles. The summed E-state index contributed by atoms with van der Waals surface area (Å²) in [6, 6.07) is 2.15. The monoisotopic (exact) mass is 196 g/mol. The molecule has 0 fully saturated rings. The Balaban J connectivity index is 4.05. The summed E-state index contributed by atoms with van der Waals surface area (Å²) in [5.74, 6) is 0.369. The van der Waals surface area contributed by atoms with Gasteiger partial charge in [-0.1, -0.05) is 20.8 Å². The minimum atomic E-state index is -0.480. The fourth-order valence-electron chi connectivity index (χ4n) is 0.811. The van der Waals surface area contributed by atoms with Gasteiger partial charge in [0.25, 0.3) is 0 Å². The van der Waals surface area contributed by atoms with Crippen molar-refractivity contribution < 1.29 is 4.79 Å². The van der Waals surface area contributed by atoms with Gasteiger partial charge in [0.1, 0.15) is 0 Å². The first kappa shape index (κ1) is 13.0. The number of carbonyl (C=O) groups is 1. The summed E-state index contributed by atoms with van der Waals surface area (Å²) in [6.45, 7) is 9.97. The average molecular weight is 196 g/mol. The summed E-state index contributed by atoms with van der Waals surface area (Å²) in [5, 5.41) is 11.5. The Bertz CT molecular complexity index is 238. The highest BCUT2D eigenvalue weighted by atomic mass is 16.1. The second-order valence-electron chi connectivity index (χ2n) is 4.75. The lowest BCUT2D eigenvalue weighted by atomic mass is 9.94. The number of carbonyl (C=O) groups excluding carboxylic acids is 1. The molecule has 1 atom stereocenters. The van der Waals surface area contributed by atoms with Gasteiger partial charge in [0.05, 0.1) is 11.5 Å². The van der Waals surface area contributed by atoms with E-state index >= 15 is 0 Å². The van der Waals surface area contributed by atoms with Crippen LogP contribution in [-0.4, -0.2) is 12.5 Å². The number of hydrogen-bond donors (Lipinski definition) is 1. The highest BCUT2D eigenvalue weighted by Gasteiger charge is 2.21. The van der Waals surface area contributed by atoms with Crippen LogP contribution in [0, 0.1) is 28.6 Å². The number of nitrogens with one attached hydrogen (secondary N) is 1. The summed E-state index contributed by atoms with van der Waals surface area (Å²) in [5.41, 5.74) is -0.480. The molecule has 80 valence electrons. The van der Waals surface area contributed by atoms with Crippen molar-refractivity contribution in [1.29, 1.82) is 5.26 Å². The molecule has 0 radical (unpaired) electrons. The van der Waals surface area contributed by atoms with Crippen LogP contribution in [0.15, 0.2) is 0 Å². The van der Waals surface area contributed by atoms with Gasteiger partial charge in [-0.25, -0.2) is 0 Å². The summed E-state index contributed by atoms with van der Waals surface area (Å²) in [4.78, 5) is 11.5. The maximum atomic E-state index is 11.5. The van der Waals surface area contributed by atoms with Gasteiger partial charge < -0.3 is 5.32 Å². The average Bonchev–Trinajstić information content (AvgIpc) is 2.13. The van der Waals surface area contributed by atoms with Gasteiger partial charge in [0, 0.05) is 12.5 Å². The second kappa shape index (κ2) is 4.99. The summed E-state index contributed by atoms with van der Waals surface area (Å²) < 4.78 is 0. The molecule has 3 heteroatoms. The molecule has 0 spiro atoms. The van der Waals surface area contributed by atoms with Crippen LogP contribution in [0.4, 0.5) is 0 Å². The molecule has 1 unspecified atom stereocenters.